The molecule has 0 saturated heterocycles. The van der Waals surface area contributed by atoms with Crippen molar-refractivity contribution in [2.75, 3.05) is 0 Å². The molecule has 3 heteroatoms. The minimum absolute atomic E-state index is 0.774. The van der Waals surface area contributed by atoms with Gasteiger partial charge in [0.15, 0.2) is 0 Å². The standard InChI is InChI=1S/C29H20N2S/c1-19-30-26(21-15-16-29-25(17-21)24-13-7-8-14-28(24)32-29)18-27(31-19)23-12-6-5-11-22(23)20-9-3-2-4-10-20/h2-18H,1H3. The fourth-order valence-electron chi connectivity index (χ4n) is 4.31. The smallest absolute Gasteiger partial charge is 0.126 e. The lowest BCUT2D eigenvalue weighted by molar-refractivity contribution is 1.06. The third-order valence-electron chi connectivity index (χ3n) is 5.80. The zero-order valence-corrected chi connectivity index (χ0v) is 18.4. The lowest BCUT2D eigenvalue weighted by atomic mass is 9.96. The molecule has 2 nitrogen and oxygen atoms in total. The molecule has 2 aromatic heterocycles. The SMILES string of the molecule is Cc1nc(-c2ccc3sc4ccccc4c3c2)cc(-c2ccccc2-c2ccccc2)n1. The summed E-state index contributed by atoms with van der Waals surface area (Å²) >= 11 is 1.84. The van der Waals surface area contributed by atoms with Crippen LogP contribution in [0, 0.1) is 6.92 Å². The zero-order valence-electron chi connectivity index (χ0n) is 17.6. The first-order valence-corrected chi connectivity index (χ1v) is 11.5. The maximum Gasteiger partial charge on any atom is 0.126 e. The van der Waals surface area contributed by atoms with Crippen LogP contribution < -0.4 is 0 Å². The Balaban J connectivity index is 1.52. The third-order valence-corrected chi connectivity index (χ3v) is 6.95. The Kier molecular flexibility index (Phi) is 4.55. The number of benzene rings is 4. The summed E-state index contributed by atoms with van der Waals surface area (Å²) in [6, 6.07) is 36.3. The van der Waals surface area contributed by atoms with E-state index in [1.54, 1.807) is 0 Å². The number of nitrogens with zero attached hydrogens (tertiary/aromatic N) is 2. The van der Waals surface area contributed by atoms with Crippen LogP contribution in [-0.4, -0.2) is 9.97 Å². The van der Waals surface area contributed by atoms with E-state index >= 15 is 0 Å². The summed E-state index contributed by atoms with van der Waals surface area (Å²) in [7, 11) is 0. The molecule has 0 spiro atoms. The monoisotopic (exact) mass is 428 g/mol. The van der Waals surface area contributed by atoms with Crippen molar-refractivity contribution in [3.63, 3.8) is 0 Å². The largest absolute Gasteiger partial charge is 0.233 e. The first kappa shape index (κ1) is 18.9. The number of aryl methyl sites for hydroxylation is 1. The van der Waals surface area contributed by atoms with E-state index in [9.17, 15) is 0 Å². The van der Waals surface area contributed by atoms with E-state index < -0.39 is 0 Å². The van der Waals surface area contributed by atoms with Crippen molar-refractivity contribution in [1.29, 1.82) is 0 Å². The zero-order chi connectivity index (χ0) is 21.5. The van der Waals surface area contributed by atoms with Crippen LogP contribution in [0.5, 0.6) is 0 Å². The average molecular weight is 429 g/mol. The Morgan fingerprint density at radius 3 is 2.09 bits per heavy atom. The molecule has 0 amide bonds. The maximum atomic E-state index is 4.81. The second-order valence-corrected chi connectivity index (χ2v) is 8.99. The van der Waals surface area contributed by atoms with Crippen LogP contribution in [0.3, 0.4) is 0 Å². The first-order chi connectivity index (χ1) is 15.8. The number of rotatable bonds is 3. The predicted octanol–water partition coefficient (Wildman–Crippen LogP) is 8.15. The highest BCUT2D eigenvalue weighted by Crippen LogP contribution is 2.37. The molecule has 4 aromatic carbocycles. The Morgan fingerprint density at radius 1 is 0.531 bits per heavy atom. The van der Waals surface area contributed by atoms with Crippen molar-refractivity contribution in [2.45, 2.75) is 6.92 Å². The molecule has 0 aliphatic carbocycles. The van der Waals surface area contributed by atoms with Gasteiger partial charge < -0.3 is 0 Å². The number of thiophene rings is 1. The normalized spacial score (nSPS) is 11.3. The molecule has 32 heavy (non-hydrogen) atoms. The van der Waals surface area contributed by atoms with Crippen molar-refractivity contribution in [1.82, 2.24) is 9.97 Å². The van der Waals surface area contributed by atoms with Crippen molar-refractivity contribution in [3.05, 3.63) is 109 Å². The highest BCUT2D eigenvalue weighted by molar-refractivity contribution is 7.25. The Labute approximate surface area is 190 Å². The van der Waals surface area contributed by atoms with Gasteiger partial charge in [-0.25, -0.2) is 9.97 Å². The Morgan fingerprint density at radius 2 is 1.22 bits per heavy atom. The number of hydrogen-bond acceptors (Lipinski definition) is 3. The van der Waals surface area contributed by atoms with E-state index in [4.69, 9.17) is 9.97 Å². The van der Waals surface area contributed by atoms with Crippen LogP contribution in [0.25, 0.3) is 53.8 Å². The van der Waals surface area contributed by atoms with Crippen molar-refractivity contribution >= 4 is 31.5 Å². The molecule has 0 radical (unpaired) electrons. The summed E-state index contributed by atoms with van der Waals surface area (Å²) < 4.78 is 2.62. The predicted molar refractivity (Wildman–Crippen MR) is 136 cm³/mol. The molecule has 0 atom stereocenters. The van der Waals surface area contributed by atoms with E-state index in [0.29, 0.717) is 0 Å². The minimum atomic E-state index is 0.774. The number of fused-ring (bicyclic) bond motifs is 3. The van der Waals surface area contributed by atoms with Gasteiger partial charge in [0.25, 0.3) is 0 Å². The van der Waals surface area contributed by atoms with Crippen molar-refractivity contribution < 1.29 is 0 Å². The van der Waals surface area contributed by atoms with Crippen LogP contribution in [0.1, 0.15) is 5.82 Å². The average Bonchev–Trinajstić information content (AvgIpc) is 3.22. The van der Waals surface area contributed by atoms with Gasteiger partial charge in [-0.15, -0.1) is 11.3 Å². The summed E-state index contributed by atoms with van der Waals surface area (Å²) in [6.45, 7) is 1.97. The van der Waals surface area contributed by atoms with Gasteiger partial charge >= 0.3 is 0 Å². The highest BCUT2D eigenvalue weighted by Gasteiger charge is 2.13. The molecule has 2 heterocycles. The summed E-state index contributed by atoms with van der Waals surface area (Å²) in [4.78, 5) is 9.60. The van der Waals surface area contributed by atoms with Gasteiger partial charge in [0, 0.05) is 31.3 Å². The van der Waals surface area contributed by atoms with Crippen molar-refractivity contribution in [2.24, 2.45) is 0 Å². The van der Waals surface area contributed by atoms with Gasteiger partial charge in [0.05, 0.1) is 11.4 Å². The summed E-state index contributed by atoms with van der Waals surface area (Å²) in [5.74, 6) is 0.774. The Bertz CT molecular complexity index is 1580. The molecule has 0 fully saturated rings. The van der Waals surface area contributed by atoms with Gasteiger partial charge in [-0.05, 0) is 42.3 Å². The molecular weight excluding hydrogens is 408 g/mol. The van der Waals surface area contributed by atoms with Crippen LogP contribution in [0.4, 0.5) is 0 Å². The van der Waals surface area contributed by atoms with Gasteiger partial charge in [0.1, 0.15) is 5.82 Å². The lowest BCUT2D eigenvalue weighted by Crippen LogP contribution is -1.96. The van der Waals surface area contributed by atoms with Gasteiger partial charge in [-0.1, -0.05) is 78.9 Å². The van der Waals surface area contributed by atoms with Crippen LogP contribution in [0.15, 0.2) is 103 Å². The van der Waals surface area contributed by atoms with Gasteiger partial charge in [-0.2, -0.15) is 0 Å². The fourth-order valence-corrected chi connectivity index (χ4v) is 5.40. The summed E-state index contributed by atoms with van der Waals surface area (Å²) in [5, 5.41) is 2.58. The van der Waals surface area contributed by atoms with Gasteiger partial charge in [-0.3, -0.25) is 0 Å². The fraction of sp³-hybridized carbons (Fsp3) is 0.0345. The molecule has 6 rings (SSSR count). The molecule has 0 bridgehead atoms. The van der Waals surface area contributed by atoms with Gasteiger partial charge in [0.2, 0.25) is 0 Å². The molecular formula is C29H20N2S. The van der Waals surface area contributed by atoms with Crippen LogP contribution >= 0.6 is 11.3 Å². The highest BCUT2D eigenvalue weighted by atomic mass is 32.1. The first-order valence-electron chi connectivity index (χ1n) is 10.7. The Hall–Kier alpha value is -3.82. The third kappa shape index (κ3) is 3.28. The van der Waals surface area contributed by atoms with Crippen LogP contribution in [-0.2, 0) is 0 Å². The molecule has 152 valence electrons. The quantitative estimate of drug-likeness (QED) is 0.284. The minimum Gasteiger partial charge on any atom is -0.233 e. The number of hydrogen-bond donors (Lipinski definition) is 0. The molecule has 0 aliphatic heterocycles. The van der Waals surface area contributed by atoms with E-state index in [1.165, 1.54) is 31.3 Å². The second-order valence-electron chi connectivity index (χ2n) is 7.91. The second kappa shape index (κ2) is 7.70. The molecule has 6 aromatic rings. The maximum absolute atomic E-state index is 4.81. The molecule has 0 unspecified atom stereocenters. The molecule has 0 saturated carbocycles. The van der Waals surface area contributed by atoms with Crippen molar-refractivity contribution in [3.8, 4) is 33.6 Å². The van der Waals surface area contributed by atoms with E-state index in [0.717, 1.165) is 28.3 Å². The summed E-state index contributed by atoms with van der Waals surface area (Å²) in [5.41, 5.74) is 6.50. The summed E-state index contributed by atoms with van der Waals surface area (Å²) in [6.07, 6.45) is 0. The number of aromatic nitrogens is 2. The van der Waals surface area contributed by atoms with E-state index in [2.05, 4.69) is 97.1 Å². The molecule has 0 N–H and O–H groups in total. The van der Waals surface area contributed by atoms with E-state index in [1.807, 2.05) is 24.3 Å². The van der Waals surface area contributed by atoms with E-state index in [-0.39, 0.29) is 0 Å². The molecule has 0 aliphatic rings. The lowest BCUT2D eigenvalue weighted by Gasteiger charge is -2.12. The topological polar surface area (TPSA) is 25.8 Å². The van der Waals surface area contributed by atoms with Crippen LogP contribution in [0.2, 0.25) is 0 Å².